The quantitative estimate of drug-likeness (QED) is 0.922. The van der Waals surface area contributed by atoms with Crippen molar-refractivity contribution in [3.05, 3.63) is 65.5 Å². The number of rotatable bonds is 5. The summed E-state index contributed by atoms with van der Waals surface area (Å²) < 4.78 is 26.7. The summed E-state index contributed by atoms with van der Waals surface area (Å²) in [5, 5.41) is 10.3. The minimum absolute atomic E-state index is 0.00478. The zero-order valence-corrected chi connectivity index (χ0v) is 12.3. The van der Waals surface area contributed by atoms with Crippen molar-refractivity contribution in [2.24, 2.45) is 0 Å². The van der Waals surface area contributed by atoms with Crippen molar-refractivity contribution in [3.8, 4) is 0 Å². The van der Waals surface area contributed by atoms with Crippen LogP contribution in [-0.4, -0.2) is 33.5 Å². The molecule has 0 radical (unpaired) electrons. The van der Waals surface area contributed by atoms with Crippen molar-refractivity contribution < 1.29 is 18.7 Å². The van der Waals surface area contributed by atoms with Crippen molar-refractivity contribution in [2.45, 2.75) is 25.0 Å². The van der Waals surface area contributed by atoms with Crippen LogP contribution in [0.5, 0.6) is 0 Å². The molecule has 1 aliphatic carbocycles. The normalized spacial score (nSPS) is 15.3. The maximum absolute atomic E-state index is 13.8. The van der Waals surface area contributed by atoms with Gasteiger partial charge < -0.3 is 10.0 Å². The molecular formula is C17H16F2N2O2. The van der Waals surface area contributed by atoms with Crippen molar-refractivity contribution in [3.63, 3.8) is 0 Å². The predicted octanol–water partition coefficient (Wildman–Crippen LogP) is 2.70. The molecule has 1 saturated carbocycles. The third-order valence-corrected chi connectivity index (χ3v) is 3.88. The Balaban J connectivity index is 1.78. The van der Waals surface area contributed by atoms with Crippen LogP contribution in [0.15, 0.2) is 42.7 Å². The van der Waals surface area contributed by atoms with E-state index in [9.17, 15) is 18.7 Å². The fourth-order valence-corrected chi connectivity index (χ4v) is 2.46. The van der Waals surface area contributed by atoms with E-state index in [1.165, 1.54) is 41.4 Å². The number of hydrogen-bond donors (Lipinski definition) is 1. The highest BCUT2D eigenvalue weighted by molar-refractivity contribution is 5.94. The summed E-state index contributed by atoms with van der Waals surface area (Å²) in [7, 11) is 0. The standard InChI is InChI=1S/C17H16F2N2O2/c18-12-3-1-11(2-4-12)16(22)10-21(13-5-6-13)17(23)14-7-8-20-9-15(14)19/h1-4,7-9,13,16,22H,5-6,10H2/t16-/m1/s1. The Labute approximate surface area is 132 Å². The minimum Gasteiger partial charge on any atom is -0.387 e. The molecule has 1 atom stereocenters. The van der Waals surface area contributed by atoms with Crippen LogP contribution in [0.25, 0.3) is 0 Å². The van der Waals surface area contributed by atoms with E-state index in [0.29, 0.717) is 5.56 Å². The van der Waals surface area contributed by atoms with Crippen LogP contribution < -0.4 is 0 Å². The van der Waals surface area contributed by atoms with Gasteiger partial charge in [0.05, 0.1) is 24.4 Å². The molecule has 0 saturated heterocycles. The molecule has 0 unspecified atom stereocenters. The highest BCUT2D eigenvalue weighted by atomic mass is 19.1. The van der Waals surface area contributed by atoms with E-state index in [1.54, 1.807) is 0 Å². The van der Waals surface area contributed by atoms with Gasteiger partial charge in [-0.2, -0.15) is 0 Å². The zero-order chi connectivity index (χ0) is 16.4. The molecule has 1 aromatic heterocycles. The summed E-state index contributed by atoms with van der Waals surface area (Å²) in [5.41, 5.74) is 0.457. The average Bonchev–Trinajstić information content (AvgIpc) is 3.37. The van der Waals surface area contributed by atoms with Crippen LogP contribution in [0.3, 0.4) is 0 Å². The summed E-state index contributed by atoms with van der Waals surface area (Å²) in [5.74, 6) is -1.54. The van der Waals surface area contributed by atoms with Gasteiger partial charge in [-0.25, -0.2) is 8.78 Å². The Morgan fingerprint density at radius 1 is 1.26 bits per heavy atom. The number of benzene rings is 1. The SMILES string of the molecule is O=C(c1ccncc1F)N(C[C@@H](O)c1ccc(F)cc1)C1CC1. The lowest BCUT2D eigenvalue weighted by Gasteiger charge is -2.25. The summed E-state index contributed by atoms with van der Waals surface area (Å²) in [6.07, 6.45) is 3.06. The van der Waals surface area contributed by atoms with Crippen LogP contribution >= 0.6 is 0 Å². The summed E-state index contributed by atoms with van der Waals surface area (Å²) in [6.45, 7) is 0.0386. The number of aliphatic hydroxyl groups excluding tert-OH is 1. The summed E-state index contributed by atoms with van der Waals surface area (Å²) >= 11 is 0. The minimum atomic E-state index is -0.954. The van der Waals surface area contributed by atoms with Gasteiger partial charge in [0.2, 0.25) is 0 Å². The van der Waals surface area contributed by atoms with Crippen molar-refractivity contribution in [1.29, 1.82) is 0 Å². The molecule has 120 valence electrons. The molecule has 1 N–H and O–H groups in total. The topological polar surface area (TPSA) is 53.4 Å². The molecule has 1 heterocycles. The monoisotopic (exact) mass is 318 g/mol. The Hall–Kier alpha value is -2.34. The Bertz CT molecular complexity index is 702. The average molecular weight is 318 g/mol. The van der Waals surface area contributed by atoms with Gasteiger partial charge in [-0.05, 0) is 36.6 Å². The molecule has 0 spiro atoms. The Morgan fingerprint density at radius 3 is 2.57 bits per heavy atom. The van der Waals surface area contributed by atoms with Crippen LogP contribution in [0.1, 0.15) is 34.9 Å². The number of hydrogen-bond acceptors (Lipinski definition) is 3. The molecule has 0 bridgehead atoms. The second-order valence-electron chi connectivity index (χ2n) is 5.61. The number of aliphatic hydroxyl groups is 1. The first-order valence-corrected chi connectivity index (χ1v) is 7.40. The van der Waals surface area contributed by atoms with E-state index >= 15 is 0 Å². The van der Waals surface area contributed by atoms with Gasteiger partial charge in [-0.15, -0.1) is 0 Å². The molecule has 4 nitrogen and oxygen atoms in total. The number of nitrogens with zero attached hydrogens (tertiary/aromatic N) is 2. The summed E-state index contributed by atoms with van der Waals surface area (Å²) in [4.78, 5) is 17.7. The van der Waals surface area contributed by atoms with Gasteiger partial charge in [-0.1, -0.05) is 12.1 Å². The summed E-state index contributed by atoms with van der Waals surface area (Å²) in [6, 6.07) is 6.79. The Morgan fingerprint density at radius 2 is 1.96 bits per heavy atom. The predicted molar refractivity (Wildman–Crippen MR) is 79.6 cm³/mol. The maximum atomic E-state index is 13.8. The third-order valence-electron chi connectivity index (χ3n) is 3.88. The van der Waals surface area contributed by atoms with Gasteiger partial charge in [0, 0.05) is 12.2 Å². The highest BCUT2D eigenvalue weighted by Crippen LogP contribution is 2.30. The second kappa shape index (κ2) is 6.42. The molecule has 3 rings (SSSR count). The van der Waals surface area contributed by atoms with Gasteiger partial charge in [0.1, 0.15) is 5.82 Å². The fourth-order valence-electron chi connectivity index (χ4n) is 2.46. The smallest absolute Gasteiger partial charge is 0.257 e. The van der Waals surface area contributed by atoms with E-state index in [0.717, 1.165) is 19.0 Å². The molecule has 1 aromatic carbocycles. The van der Waals surface area contributed by atoms with E-state index in [4.69, 9.17) is 0 Å². The number of carbonyl (C=O) groups is 1. The molecule has 0 aliphatic heterocycles. The van der Waals surface area contributed by atoms with Crippen LogP contribution in [0, 0.1) is 11.6 Å². The van der Waals surface area contributed by atoms with E-state index in [1.807, 2.05) is 0 Å². The number of halogens is 2. The molecular weight excluding hydrogens is 302 g/mol. The van der Waals surface area contributed by atoms with E-state index in [-0.39, 0.29) is 18.2 Å². The first-order chi connectivity index (χ1) is 11.1. The lowest BCUT2D eigenvalue weighted by atomic mass is 10.1. The molecule has 1 fully saturated rings. The number of carbonyl (C=O) groups excluding carboxylic acids is 1. The van der Waals surface area contributed by atoms with E-state index in [2.05, 4.69) is 4.98 Å². The fraction of sp³-hybridized carbons (Fsp3) is 0.294. The van der Waals surface area contributed by atoms with Gasteiger partial charge in [0.25, 0.3) is 5.91 Å². The lowest BCUT2D eigenvalue weighted by Crippen LogP contribution is -2.37. The highest BCUT2D eigenvalue weighted by Gasteiger charge is 2.35. The molecule has 1 amide bonds. The second-order valence-corrected chi connectivity index (χ2v) is 5.61. The molecule has 2 aromatic rings. The van der Waals surface area contributed by atoms with Crippen molar-refractivity contribution in [1.82, 2.24) is 9.88 Å². The van der Waals surface area contributed by atoms with Crippen LogP contribution in [-0.2, 0) is 0 Å². The molecule has 6 heteroatoms. The third kappa shape index (κ3) is 3.53. The zero-order valence-electron chi connectivity index (χ0n) is 12.3. The van der Waals surface area contributed by atoms with Gasteiger partial charge in [-0.3, -0.25) is 9.78 Å². The van der Waals surface area contributed by atoms with Gasteiger partial charge >= 0.3 is 0 Å². The number of amides is 1. The number of aromatic nitrogens is 1. The van der Waals surface area contributed by atoms with E-state index < -0.39 is 23.6 Å². The van der Waals surface area contributed by atoms with Crippen LogP contribution in [0.4, 0.5) is 8.78 Å². The first kappa shape index (κ1) is 15.6. The Kier molecular flexibility index (Phi) is 4.34. The lowest BCUT2D eigenvalue weighted by molar-refractivity contribution is 0.0598. The molecule has 1 aliphatic rings. The van der Waals surface area contributed by atoms with Crippen molar-refractivity contribution in [2.75, 3.05) is 6.54 Å². The molecule has 23 heavy (non-hydrogen) atoms. The van der Waals surface area contributed by atoms with Crippen LogP contribution in [0.2, 0.25) is 0 Å². The number of pyridine rings is 1. The maximum Gasteiger partial charge on any atom is 0.257 e. The van der Waals surface area contributed by atoms with Gasteiger partial charge in [0.15, 0.2) is 5.82 Å². The first-order valence-electron chi connectivity index (χ1n) is 7.40. The van der Waals surface area contributed by atoms with Crippen molar-refractivity contribution >= 4 is 5.91 Å². The largest absolute Gasteiger partial charge is 0.387 e.